The third-order valence-corrected chi connectivity index (χ3v) is 2.94. The van der Waals surface area contributed by atoms with Gasteiger partial charge in [-0.1, -0.05) is 13.0 Å². The molecule has 2 rings (SSSR count). The second-order valence-corrected chi connectivity index (χ2v) is 4.10. The Morgan fingerprint density at radius 1 is 1.39 bits per heavy atom. The minimum atomic E-state index is 0.302. The molecule has 0 aliphatic carbocycles. The van der Waals surface area contributed by atoms with Gasteiger partial charge >= 0.3 is 0 Å². The van der Waals surface area contributed by atoms with Crippen molar-refractivity contribution in [1.82, 2.24) is 4.98 Å². The molecule has 1 heterocycles. The summed E-state index contributed by atoms with van der Waals surface area (Å²) < 4.78 is 10.9. The lowest BCUT2D eigenvalue weighted by molar-refractivity contribution is 0.416. The van der Waals surface area contributed by atoms with Gasteiger partial charge in [-0.05, 0) is 31.0 Å². The number of hydrogen-bond donors (Lipinski definition) is 1. The fraction of sp³-hybridized carbons (Fsp3) is 0.357. The van der Waals surface area contributed by atoms with E-state index in [1.165, 1.54) is 5.56 Å². The number of aromatic nitrogens is 1. The van der Waals surface area contributed by atoms with Crippen molar-refractivity contribution in [3.05, 3.63) is 35.4 Å². The van der Waals surface area contributed by atoms with Crippen molar-refractivity contribution in [2.24, 2.45) is 5.73 Å². The van der Waals surface area contributed by atoms with Gasteiger partial charge in [0, 0.05) is 5.56 Å². The van der Waals surface area contributed by atoms with Gasteiger partial charge in [0.05, 0.1) is 13.7 Å². The molecule has 96 valence electrons. The summed E-state index contributed by atoms with van der Waals surface area (Å²) in [5.74, 6) is 2.11. The Labute approximate surface area is 107 Å². The quantitative estimate of drug-likeness (QED) is 0.901. The molecule has 18 heavy (non-hydrogen) atoms. The van der Waals surface area contributed by atoms with Gasteiger partial charge in [-0.25, -0.2) is 4.98 Å². The zero-order valence-electron chi connectivity index (χ0n) is 11.0. The maximum atomic E-state index is 5.55. The van der Waals surface area contributed by atoms with Crippen molar-refractivity contribution < 1.29 is 9.15 Å². The Morgan fingerprint density at radius 2 is 2.17 bits per heavy atom. The Morgan fingerprint density at radius 3 is 2.72 bits per heavy atom. The summed E-state index contributed by atoms with van der Waals surface area (Å²) >= 11 is 0. The lowest BCUT2D eigenvalue weighted by Crippen LogP contribution is -1.96. The smallest absolute Gasteiger partial charge is 0.208 e. The molecule has 1 aromatic heterocycles. The fourth-order valence-corrected chi connectivity index (χ4v) is 1.95. The van der Waals surface area contributed by atoms with Crippen LogP contribution in [0.15, 0.2) is 22.6 Å². The Kier molecular flexibility index (Phi) is 3.67. The molecule has 0 unspecified atom stereocenters. The zero-order chi connectivity index (χ0) is 13.1. The normalized spacial score (nSPS) is 10.7. The van der Waals surface area contributed by atoms with E-state index in [2.05, 4.69) is 24.0 Å². The number of methoxy groups -OCH3 is 1. The van der Waals surface area contributed by atoms with E-state index in [9.17, 15) is 0 Å². The summed E-state index contributed by atoms with van der Waals surface area (Å²) in [6.45, 7) is 4.31. The molecule has 0 saturated carbocycles. The molecular formula is C14H18N2O2. The zero-order valence-corrected chi connectivity index (χ0v) is 11.0. The Bertz CT molecular complexity index is 547. The lowest BCUT2D eigenvalue weighted by atomic mass is 10.0. The van der Waals surface area contributed by atoms with E-state index in [0.29, 0.717) is 12.4 Å². The van der Waals surface area contributed by atoms with Crippen molar-refractivity contribution in [2.45, 2.75) is 26.8 Å². The van der Waals surface area contributed by atoms with Crippen LogP contribution in [0.4, 0.5) is 0 Å². The topological polar surface area (TPSA) is 61.3 Å². The third-order valence-electron chi connectivity index (χ3n) is 2.94. The number of hydrogen-bond acceptors (Lipinski definition) is 4. The largest absolute Gasteiger partial charge is 0.496 e. The number of benzene rings is 1. The summed E-state index contributed by atoms with van der Waals surface area (Å²) in [6, 6.07) is 6.11. The van der Waals surface area contributed by atoms with Gasteiger partial charge in [0.15, 0.2) is 0 Å². The number of rotatable bonds is 4. The molecule has 0 saturated heterocycles. The van der Waals surface area contributed by atoms with Crippen molar-refractivity contribution in [1.29, 1.82) is 0 Å². The summed E-state index contributed by atoms with van der Waals surface area (Å²) in [4.78, 5) is 4.41. The van der Waals surface area contributed by atoms with E-state index in [-0.39, 0.29) is 0 Å². The highest BCUT2D eigenvalue weighted by Crippen LogP contribution is 2.32. The minimum Gasteiger partial charge on any atom is -0.496 e. The predicted octanol–water partition coefficient (Wildman–Crippen LogP) is 2.68. The highest BCUT2D eigenvalue weighted by atomic mass is 16.5. The van der Waals surface area contributed by atoms with Gasteiger partial charge in [0.2, 0.25) is 5.89 Å². The fourth-order valence-electron chi connectivity index (χ4n) is 1.95. The third kappa shape index (κ3) is 2.24. The van der Waals surface area contributed by atoms with Gasteiger partial charge in [0.25, 0.3) is 0 Å². The second-order valence-electron chi connectivity index (χ2n) is 4.10. The van der Waals surface area contributed by atoms with Gasteiger partial charge < -0.3 is 14.9 Å². The molecule has 0 bridgehead atoms. The SMILES string of the molecule is CCc1ccc(OC)c(-c2nc(CN)oc2C)c1. The van der Waals surface area contributed by atoms with Crippen LogP contribution in [0.25, 0.3) is 11.3 Å². The summed E-state index contributed by atoms with van der Waals surface area (Å²) in [5.41, 5.74) is 8.55. The molecule has 0 amide bonds. The first-order valence-corrected chi connectivity index (χ1v) is 6.03. The molecule has 0 fully saturated rings. The van der Waals surface area contributed by atoms with Crippen LogP contribution in [0.2, 0.25) is 0 Å². The van der Waals surface area contributed by atoms with E-state index >= 15 is 0 Å². The van der Waals surface area contributed by atoms with Crippen molar-refractivity contribution in [3.8, 4) is 17.0 Å². The number of ether oxygens (including phenoxy) is 1. The van der Waals surface area contributed by atoms with Crippen LogP contribution >= 0.6 is 0 Å². The standard InChI is InChI=1S/C14H18N2O2/c1-4-10-5-6-12(17-3)11(7-10)14-9(2)18-13(8-15)16-14/h5-7H,4,8,15H2,1-3H3. The minimum absolute atomic E-state index is 0.302. The monoisotopic (exact) mass is 246 g/mol. The van der Waals surface area contributed by atoms with Crippen LogP contribution in [0, 0.1) is 6.92 Å². The molecule has 4 heteroatoms. The molecule has 0 aliphatic rings. The van der Waals surface area contributed by atoms with Crippen molar-refractivity contribution in [3.63, 3.8) is 0 Å². The van der Waals surface area contributed by atoms with E-state index in [1.807, 2.05) is 13.0 Å². The molecule has 0 atom stereocenters. The van der Waals surface area contributed by atoms with Gasteiger partial charge in [-0.15, -0.1) is 0 Å². The lowest BCUT2D eigenvalue weighted by Gasteiger charge is -2.08. The second kappa shape index (κ2) is 5.23. The Balaban J connectivity index is 2.56. The van der Waals surface area contributed by atoms with E-state index in [1.54, 1.807) is 7.11 Å². The number of oxazole rings is 1. The molecule has 1 aromatic carbocycles. The maximum absolute atomic E-state index is 5.55. The van der Waals surface area contributed by atoms with Crippen LogP contribution in [-0.4, -0.2) is 12.1 Å². The van der Waals surface area contributed by atoms with E-state index in [0.717, 1.165) is 29.2 Å². The summed E-state index contributed by atoms with van der Waals surface area (Å²) in [7, 11) is 1.66. The first-order chi connectivity index (χ1) is 8.69. The number of nitrogens with zero attached hydrogens (tertiary/aromatic N) is 1. The predicted molar refractivity (Wildman–Crippen MR) is 70.5 cm³/mol. The number of nitrogens with two attached hydrogens (primary N) is 1. The van der Waals surface area contributed by atoms with E-state index < -0.39 is 0 Å². The molecule has 0 radical (unpaired) electrons. The molecule has 2 aromatic rings. The summed E-state index contributed by atoms with van der Waals surface area (Å²) in [6.07, 6.45) is 0.970. The van der Waals surface area contributed by atoms with Gasteiger partial charge in [-0.2, -0.15) is 0 Å². The average Bonchev–Trinajstić information content (AvgIpc) is 2.79. The average molecular weight is 246 g/mol. The molecular weight excluding hydrogens is 228 g/mol. The van der Waals surface area contributed by atoms with Crippen LogP contribution in [0.3, 0.4) is 0 Å². The highest BCUT2D eigenvalue weighted by Gasteiger charge is 2.15. The van der Waals surface area contributed by atoms with Crippen LogP contribution < -0.4 is 10.5 Å². The highest BCUT2D eigenvalue weighted by molar-refractivity contribution is 5.69. The van der Waals surface area contributed by atoms with Crippen LogP contribution in [0.5, 0.6) is 5.75 Å². The molecule has 4 nitrogen and oxygen atoms in total. The first kappa shape index (κ1) is 12.6. The van der Waals surface area contributed by atoms with Crippen LogP contribution in [-0.2, 0) is 13.0 Å². The molecule has 0 aliphatic heterocycles. The summed E-state index contributed by atoms with van der Waals surface area (Å²) in [5, 5.41) is 0. The van der Waals surface area contributed by atoms with Crippen LogP contribution in [0.1, 0.15) is 24.1 Å². The van der Waals surface area contributed by atoms with Crippen molar-refractivity contribution >= 4 is 0 Å². The Hall–Kier alpha value is -1.81. The van der Waals surface area contributed by atoms with Crippen molar-refractivity contribution in [2.75, 3.05) is 7.11 Å². The van der Waals surface area contributed by atoms with Gasteiger partial charge in [0.1, 0.15) is 17.2 Å². The molecule has 0 spiro atoms. The van der Waals surface area contributed by atoms with E-state index in [4.69, 9.17) is 14.9 Å². The molecule has 2 N–H and O–H groups in total. The maximum Gasteiger partial charge on any atom is 0.208 e. The van der Waals surface area contributed by atoms with Gasteiger partial charge in [-0.3, -0.25) is 0 Å². The number of aryl methyl sites for hydroxylation is 2. The first-order valence-electron chi connectivity index (χ1n) is 6.03.